The number of aromatic nitrogens is 2. The molecule has 0 spiro atoms. The number of hydrogen-bond acceptors (Lipinski definition) is 2. The Morgan fingerprint density at radius 1 is 1.10 bits per heavy atom. The Morgan fingerprint density at radius 2 is 1.90 bits per heavy atom. The summed E-state index contributed by atoms with van der Waals surface area (Å²) < 4.78 is 41.8. The average Bonchev–Trinajstić information content (AvgIpc) is 3.07. The highest BCUT2D eigenvalue weighted by atomic mass is 35.5. The second kappa shape index (κ2) is 7.50. The number of rotatable bonds is 3. The van der Waals surface area contributed by atoms with E-state index in [1.54, 1.807) is 6.07 Å². The van der Waals surface area contributed by atoms with E-state index in [0.29, 0.717) is 5.69 Å². The standard InChI is InChI=1S/C22H15ClF3N3O/c1-29-10-8-13-11-15(5-7-19(13)29)28-21(30)14-4-6-16(18(23)12-14)20-17(22(24,25)26)3-2-9-27-20/h2-12H,1H3,(H,28,30). The number of halogens is 4. The molecule has 8 heteroatoms. The van der Waals surface area contributed by atoms with Gasteiger partial charge in [-0.25, -0.2) is 0 Å². The fourth-order valence-electron chi connectivity index (χ4n) is 3.26. The van der Waals surface area contributed by atoms with Crippen molar-refractivity contribution in [2.75, 3.05) is 5.32 Å². The van der Waals surface area contributed by atoms with Gasteiger partial charge in [0.15, 0.2) is 0 Å². The second-order valence-electron chi connectivity index (χ2n) is 6.75. The molecule has 0 aliphatic heterocycles. The van der Waals surface area contributed by atoms with Crippen molar-refractivity contribution < 1.29 is 18.0 Å². The maximum absolute atomic E-state index is 13.3. The number of amides is 1. The van der Waals surface area contributed by atoms with E-state index in [-0.39, 0.29) is 21.8 Å². The van der Waals surface area contributed by atoms with Gasteiger partial charge in [-0.15, -0.1) is 0 Å². The Labute approximate surface area is 174 Å². The number of fused-ring (bicyclic) bond motifs is 1. The van der Waals surface area contributed by atoms with Gasteiger partial charge in [0.05, 0.1) is 16.3 Å². The largest absolute Gasteiger partial charge is 0.418 e. The van der Waals surface area contributed by atoms with Crippen molar-refractivity contribution in [2.45, 2.75) is 6.18 Å². The van der Waals surface area contributed by atoms with Crippen LogP contribution in [0.5, 0.6) is 0 Å². The van der Waals surface area contributed by atoms with Crippen molar-refractivity contribution in [3.05, 3.63) is 83.1 Å². The van der Waals surface area contributed by atoms with Gasteiger partial charge in [-0.1, -0.05) is 17.7 Å². The second-order valence-corrected chi connectivity index (χ2v) is 7.15. The number of aryl methyl sites for hydroxylation is 1. The third-order valence-corrected chi connectivity index (χ3v) is 5.06. The van der Waals surface area contributed by atoms with E-state index < -0.39 is 17.6 Å². The molecule has 2 heterocycles. The fourth-order valence-corrected chi connectivity index (χ4v) is 3.53. The summed E-state index contributed by atoms with van der Waals surface area (Å²) in [6.45, 7) is 0. The number of benzene rings is 2. The zero-order chi connectivity index (χ0) is 21.5. The van der Waals surface area contributed by atoms with E-state index in [9.17, 15) is 18.0 Å². The third-order valence-electron chi connectivity index (χ3n) is 4.74. The van der Waals surface area contributed by atoms with Crippen LogP contribution in [-0.4, -0.2) is 15.5 Å². The molecule has 0 aliphatic rings. The highest BCUT2D eigenvalue weighted by molar-refractivity contribution is 6.33. The van der Waals surface area contributed by atoms with Crippen LogP contribution >= 0.6 is 11.6 Å². The Kier molecular flexibility index (Phi) is 4.99. The number of nitrogens with zero attached hydrogens (tertiary/aromatic N) is 2. The zero-order valence-corrected chi connectivity index (χ0v) is 16.4. The summed E-state index contributed by atoms with van der Waals surface area (Å²) in [6, 6.07) is 13.7. The first-order valence-corrected chi connectivity index (χ1v) is 9.30. The summed E-state index contributed by atoms with van der Waals surface area (Å²) in [7, 11) is 1.93. The smallest absolute Gasteiger partial charge is 0.351 e. The van der Waals surface area contributed by atoms with Crippen LogP contribution in [0.2, 0.25) is 5.02 Å². The molecular formula is C22H15ClF3N3O. The molecule has 0 atom stereocenters. The molecule has 0 bridgehead atoms. The fraction of sp³-hybridized carbons (Fsp3) is 0.0909. The van der Waals surface area contributed by atoms with Crippen LogP contribution in [-0.2, 0) is 13.2 Å². The molecule has 0 saturated carbocycles. The van der Waals surface area contributed by atoms with E-state index >= 15 is 0 Å². The molecular weight excluding hydrogens is 415 g/mol. The van der Waals surface area contributed by atoms with Crippen molar-refractivity contribution in [2.24, 2.45) is 7.05 Å². The van der Waals surface area contributed by atoms with Crippen LogP contribution in [0.3, 0.4) is 0 Å². The Bertz CT molecular complexity index is 1260. The molecule has 4 aromatic rings. The first-order chi connectivity index (χ1) is 14.2. The Hall–Kier alpha value is -3.32. The molecule has 0 fully saturated rings. The molecule has 152 valence electrons. The Morgan fingerprint density at radius 3 is 2.63 bits per heavy atom. The summed E-state index contributed by atoms with van der Waals surface area (Å²) >= 11 is 6.22. The van der Waals surface area contributed by atoms with E-state index in [1.807, 2.05) is 36.0 Å². The topological polar surface area (TPSA) is 46.9 Å². The number of alkyl halides is 3. The van der Waals surface area contributed by atoms with Gasteiger partial charge in [-0.05, 0) is 48.5 Å². The van der Waals surface area contributed by atoms with Gasteiger partial charge < -0.3 is 9.88 Å². The van der Waals surface area contributed by atoms with E-state index in [2.05, 4.69) is 10.3 Å². The van der Waals surface area contributed by atoms with E-state index in [0.717, 1.165) is 17.0 Å². The molecule has 2 aromatic carbocycles. The molecule has 0 unspecified atom stereocenters. The predicted octanol–water partition coefficient (Wildman–Crippen LogP) is 6.16. The lowest BCUT2D eigenvalue weighted by atomic mass is 10.0. The van der Waals surface area contributed by atoms with Crippen molar-refractivity contribution in [1.29, 1.82) is 0 Å². The lowest BCUT2D eigenvalue weighted by Crippen LogP contribution is -2.12. The summed E-state index contributed by atoms with van der Waals surface area (Å²) in [5, 5.41) is 3.76. The summed E-state index contributed by atoms with van der Waals surface area (Å²) in [5.74, 6) is -0.421. The molecule has 4 nitrogen and oxygen atoms in total. The maximum Gasteiger partial charge on any atom is 0.418 e. The van der Waals surface area contributed by atoms with Gasteiger partial charge in [0.1, 0.15) is 0 Å². The van der Waals surface area contributed by atoms with Crippen LogP contribution in [0.4, 0.5) is 18.9 Å². The van der Waals surface area contributed by atoms with Crippen molar-refractivity contribution in [1.82, 2.24) is 9.55 Å². The van der Waals surface area contributed by atoms with Crippen LogP contribution in [0.25, 0.3) is 22.2 Å². The molecule has 0 aliphatic carbocycles. The van der Waals surface area contributed by atoms with E-state index in [1.165, 1.54) is 30.5 Å². The monoisotopic (exact) mass is 429 g/mol. The molecule has 1 N–H and O–H groups in total. The van der Waals surface area contributed by atoms with Crippen molar-refractivity contribution in [3.63, 3.8) is 0 Å². The summed E-state index contributed by atoms with van der Waals surface area (Å²) in [6.07, 6.45) is -1.39. The Balaban J connectivity index is 1.62. The number of carbonyl (C=O) groups excluding carboxylic acids is 1. The number of hydrogen-bond donors (Lipinski definition) is 1. The van der Waals surface area contributed by atoms with Crippen LogP contribution in [0.1, 0.15) is 15.9 Å². The zero-order valence-electron chi connectivity index (χ0n) is 15.7. The summed E-state index contributed by atoms with van der Waals surface area (Å²) in [5.41, 5.74) is 0.782. The quantitative estimate of drug-likeness (QED) is 0.423. The SMILES string of the molecule is Cn1ccc2cc(NC(=O)c3ccc(-c4ncccc4C(F)(F)F)c(Cl)c3)ccc21. The number of anilines is 1. The van der Waals surface area contributed by atoms with Gasteiger partial charge >= 0.3 is 6.18 Å². The molecule has 0 saturated heterocycles. The van der Waals surface area contributed by atoms with Crippen molar-refractivity contribution >= 4 is 34.1 Å². The number of pyridine rings is 1. The van der Waals surface area contributed by atoms with Crippen LogP contribution in [0.15, 0.2) is 67.0 Å². The first kappa shape index (κ1) is 20.0. The average molecular weight is 430 g/mol. The highest BCUT2D eigenvalue weighted by Crippen LogP contribution is 2.38. The minimum Gasteiger partial charge on any atom is -0.351 e. The molecule has 4 rings (SSSR count). The third kappa shape index (κ3) is 3.76. The van der Waals surface area contributed by atoms with Crippen molar-refractivity contribution in [3.8, 4) is 11.3 Å². The van der Waals surface area contributed by atoms with Crippen LogP contribution in [0, 0.1) is 0 Å². The summed E-state index contributed by atoms with van der Waals surface area (Å²) in [4.78, 5) is 16.5. The highest BCUT2D eigenvalue weighted by Gasteiger charge is 2.34. The normalized spacial score (nSPS) is 11.6. The molecule has 1 amide bonds. The number of carbonyl (C=O) groups is 1. The van der Waals surface area contributed by atoms with Crippen LogP contribution < -0.4 is 5.32 Å². The first-order valence-electron chi connectivity index (χ1n) is 8.92. The van der Waals surface area contributed by atoms with Gasteiger partial charge in [0.25, 0.3) is 5.91 Å². The van der Waals surface area contributed by atoms with E-state index in [4.69, 9.17) is 11.6 Å². The minimum absolute atomic E-state index is 0.00496. The van der Waals surface area contributed by atoms with Gasteiger partial charge in [-0.2, -0.15) is 13.2 Å². The molecule has 0 radical (unpaired) electrons. The molecule has 2 aromatic heterocycles. The molecule has 30 heavy (non-hydrogen) atoms. The lowest BCUT2D eigenvalue weighted by Gasteiger charge is -2.13. The van der Waals surface area contributed by atoms with Gasteiger partial charge in [0, 0.05) is 47.2 Å². The van der Waals surface area contributed by atoms with Gasteiger partial charge in [0.2, 0.25) is 0 Å². The number of nitrogens with one attached hydrogen (secondary N) is 1. The lowest BCUT2D eigenvalue weighted by molar-refractivity contribution is -0.137. The maximum atomic E-state index is 13.3. The predicted molar refractivity (Wildman–Crippen MR) is 111 cm³/mol. The van der Waals surface area contributed by atoms with Gasteiger partial charge in [-0.3, -0.25) is 9.78 Å². The minimum atomic E-state index is -4.57.